The Labute approximate surface area is 86.7 Å². The number of carbonyl (C=O) groups excluding carboxylic acids is 1. The lowest BCUT2D eigenvalue weighted by Gasteiger charge is -2.02. The number of amides is 1. The van der Waals surface area contributed by atoms with Crippen LogP contribution in [0.25, 0.3) is 10.9 Å². The maximum absolute atomic E-state index is 11.4. The van der Waals surface area contributed by atoms with Gasteiger partial charge in [0, 0.05) is 11.1 Å². The van der Waals surface area contributed by atoms with E-state index < -0.39 is 0 Å². The Bertz CT molecular complexity index is 549. The van der Waals surface area contributed by atoms with Gasteiger partial charge in [-0.05, 0) is 19.7 Å². The summed E-state index contributed by atoms with van der Waals surface area (Å²) in [7, 11) is 0. The molecule has 0 aliphatic carbocycles. The number of rotatable bonds is 1. The zero-order valence-corrected chi connectivity index (χ0v) is 8.27. The molecule has 4 nitrogen and oxygen atoms in total. The van der Waals surface area contributed by atoms with Gasteiger partial charge in [-0.2, -0.15) is 0 Å². The van der Waals surface area contributed by atoms with Crippen molar-refractivity contribution in [3.8, 4) is 0 Å². The first-order valence-corrected chi connectivity index (χ1v) is 4.45. The van der Waals surface area contributed by atoms with Crippen molar-refractivity contribution >= 4 is 23.5 Å². The summed E-state index contributed by atoms with van der Waals surface area (Å²) in [5.41, 5.74) is 1.94. The van der Waals surface area contributed by atoms with Crippen LogP contribution in [0.1, 0.15) is 16.1 Å². The zero-order valence-electron chi connectivity index (χ0n) is 8.27. The molecule has 0 unspecified atom stereocenters. The predicted octanol–water partition coefficient (Wildman–Crippen LogP) is 1.78. The number of aliphatic imine (C=N–C) groups is 1. The number of fused-ring (bicyclic) bond motifs is 1. The molecule has 1 heterocycles. The van der Waals surface area contributed by atoms with E-state index in [1.54, 1.807) is 12.1 Å². The number of nitrogens with zero attached hydrogens (tertiary/aromatic N) is 3. The number of aryl methyl sites for hydroxylation is 1. The lowest BCUT2D eigenvalue weighted by Crippen LogP contribution is -1.98. The van der Waals surface area contributed by atoms with Crippen LogP contribution in [0.2, 0.25) is 0 Å². The number of aromatic nitrogens is 2. The largest absolute Gasteiger partial charge is 0.278 e. The van der Waals surface area contributed by atoms with Crippen LogP contribution in [0.3, 0.4) is 0 Å². The highest BCUT2D eigenvalue weighted by atomic mass is 16.1. The predicted molar refractivity (Wildman–Crippen MR) is 58.2 cm³/mol. The first-order valence-electron chi connectivity index (χ1n) is 4.45. The molecule has 2 rings (SSSR count). The van der Waals surface area contributed by atoms with Gasteiger partial charge in [0.2, 0.25) is 0 Å². The highest BCUT2D eigenvalue weighted by Crippen LogP contribution is 2.18. The first kappa shape index (κ1) is 9.45. The summed E-state index contributed by atoms with van der Waals surface area (Å²) in [6.07, 6.45) is 1.44. The fourth-order valence-corrected chi connectivity index (χ4v) is 1.48. The van der Waals surface area contributed by atoms with Crippen LogP contribution in [0.4, 0.5) is 0 Å². The molecule has 0 fully saturated rings. The quantitative estimate of drug-likeness (QED) is 0.658. The molecule has 1 aromatic heterocycles. The molecule has 0 bridgehead atoms. The monoisotopic (exact) mass is 199 g/mol. The van der Waals surface area contributed by atoms with E-state index >= 15 is 0 Å². The van der Waals surface area contributed by atoms with Crippen LogP contribution >= 0.6 is 0 Å². The minimum atomic E-state index is -0.362. The Morgan fingerprint density at radius 2 is 2.20 bits per heavy atom. The van der Waals surface area contributed by atoms with Crippen LogP contribution < -0.4 is 0 Å². The van der Waals surface area contributed by atoms with Gasteiger partial charge in [-0.3, -0.25) is 4.79 Å². The van der Waals surface area contributed by atoms with Crippen molar-refractivity contribution < 1.29 is 4.79 Å². The summed E-state index contributed by atoms with van der Waals surface area (Å²) < 4.78 is 0. The number of carbonyl (C=O) groups is 1. The van der Waals surface area contributed by atoms with Crippen molar-refractivity contribution in [3.63, 3.8) is 0 Å². The lowest BCUT2D eigenvalue weighted by molar-refractivity contribution is 0.101. The molecule has 1 aromatic carbocycles. The SMILES string of the molecule is C=NC(=O)c1cccc2c(C)ncnc12. The van der Waals surface area contributed by atoms with E-state index in [0.717, 1.165) is 11.1 Å². The molecule has 0 N–H and O–H groups in total. The third-order valence-corrected chi connectivity index (χ3v) is 2.24. The van der Waals surface area contributed by atoms with Crippen molar-refractivity contribution in [2.45, 2.75) is 6.92 Å². The van der Waals surface area contributed by atoms with Crippen molar-refractivity contribution in [2.75, 3.05) is 0 Å². The Kier molecular flexibility index (Phi) is 2.25. The summed E-state index contributed by atoms with van der Waals surface area (Å²) in [6, 6.07) is 5.35. The maximum atomic E-state index is 11.4. The van der Waals surface area contributed by atoms with E-state index in [0.29, 0.717) is 11.1 Å². The standard InChI is InChI=1S/C11H9N3O/c1-7-8-4-3-5-9(11(15)12-2)10(8)14-6-13-7/h3-6H,2H2,1H3. The molecule has 0 saturated heterocycles. The average Bonchev–Trinajstić information content (AvgIpc) is 2.28. The van der Waals surface area contributed by atoms with Gasteiger partial charge in [-0.1, -0.05) is 12.1 Å². The van der Waals surface area contributed by atoms with E-state index in [2.05, 4.69) is 21.7 Å². The van der Waals surface area contributed by atoms with Crippen LogP contribution in [0.5, 0.6) is 0 Å². The van der Waals surface area contributed by atoms with E-state index in [-0.39, 0.29) is 5.91 Å². The molecule has 0 aliphatic heterocycles. The molecule has 74 valence electrons. The van der Waals surface area contributed by atoms with Crippen LogP contribution in [-0.2, 0) is 0 Å². The second kappa shape index (κ2) is 3.57. The number of hydrogen-bond donors (Lipinski definition) is 0. The number of benzene rings is 1. The normalized spacial score (nSPS) is 10.2. The molecular formula is C11H9N3O. The molecule has 15 heavy (non-hydrogen) atoms. The van der Waals surface area contributed by atoms with Crippen LogP contribution in [-0.4, -0.2) is 22.6 Å². The summed E-state index contributed by atoms with van der Waals surface area (Å²) in [6.45, 7) is 5.10. The molecule has 4 heteroatoms. The van der Waals surface area contributed by atoms with E-state index in [1.165, 1.54) is 6.33 Å². The Balaban J connectivity index is 2.82. The van der Waals surface area contributed by atoms with E-state index in [9.17, 15) is 4.79 Å². The van der Waals surface area contributed by atoms with Crippen LogP contribution in [0, 0.1) is 6.92 Å². The second-order valence-electron chi connectivity index (χ2n) is 3.12. The molecule has 1 amide bonds. The lowest BCUT2D eigenvalue weighted by atomic mass is 10.1. The summed E-state index contributed by atoms with van der Waals surface area (Å²) >= 11 is 0. The van der Waals surface area contributed by atoms with Gasteiger partial charge >= 0.3 is 0 Å². The Morgan fingerprint density at radius 1 is 1.40 bits per heavy atom. The van der Waals surface area contributed by atoms with E-state index in [1.807, 2.05) is 13.0 Å². The smallest absolute Gasteiger partial charge is 0.267 e. The van der Waals surface area contributed by atoms with Gasteiger partial charge in [0.25, 0.3) is 5.91 Å². The highest BCUT2D eigenvalue weighted by molar-refractivity contribution is 6.07. The highest BCUT2D eigenvalue weighted by Gasteiger charge is 2.10. The van der Waals surface area contributed by atoms with Crippen molar-refractivity contribution in [3.05, 3.63) is 35.8 Å². The minimum absolute atomic E-state index is 0.362. The molecule has 0 aliphatic rings. The fourth-order valence-electron chi connectivity index (χ4n) is 1.48. The Hall–Kier alpha value is -2.10. The third-order valence-electron chi connectivity index (χ3n) is 2.24. The van der Waals surface area contributed by atoms with Gasteiger partial charge in [-0.25, -0.2) is 15.0 Å². The van der Waals surface area contributed by atoms with Crippen LogP contribution in [0.15, 0.2) is 29.5 Å². The summed E-state index contributed by atoms with van der Waals surface area (Å²) in [5.74, 6) is -0.362. The van der Waals surface area contributed by atoms with Crippen molar-refractivity contribution in [1.82, 2.24) is 9.97 Å². The molecule has 0 spiro atoms. The van der Waals surface area contributed by atoms with E-state index in [4.69, 9.17) is 0 Å². The zero-order chi connectivity index (χ0) is 10.8. The number of hydrogen-bond acceptors (Lipinski definition) is 3. The first-order chi connectivity index (χ1) is 7.24. The van der Waals surface area contributed by atoms with Gasteiger partial charge in [-0.15, -0.1) is 0 Å². The Morgan fingerprint density at radius 3 is 2.93 bits per heavy atom. The second-order valence-corrected chi connectivity index (χ2v) is 3.12. The molecule has 0 saturated carbocycles. The minimum Gasteiger partial charge on any atom is -0.267 e. The molecule has 2 aromatic rings. The van der Waals surface area contributed by atoms with Gasteiger partial charge in [0.15, 0.2) is 0 Å². The number of para-hydroxylation sites is 1. The molecule has 0 atom stereocenters. The van der Waals surface area contributed by atoms with Crippen molar-refractivity contribution in [2.24, 2.45) is 4.99 Å². The maximum Gasteiger partial charge on any atom is 0.278 e. The molecule has 0 radical (unpaired) electrons. The van der Waals surface area contributed by atoms with Gasteiger partial charge in [0.1, 0.15) is 6.33 Å². The fraction of sp³-hybridized carbons (Fsp3) is 0.0909. The summed E-state index contributed by atoms with van der Waals surface area (Å²) in [5, 5.41) is 0.868. The van der Waals surface area contributed by atoms with Gasteiger partial charge in [0.05, 0.1) is 11.1 Å². The van der Waals surface area contributed by atoms with Gasteiger partial charge < -0.3 is 0 Å². The third kappa shape index (κ3) is 1.50. The summed E-state index contributed by atoms with van der Waals surface area (Å²) in [4.78, 5) is 23.0. The topological polar surface area (TPSA) is 55.2 Å². The van der Waals surface area contributed by atoms with Crippen molar-refractivity contribution in [1.29, 1.82) is 0 Å². The average molecular weight is 199 g/mol. The molecular weight excluding hydrogens is 190 g/mol.